The van der Waals surface area contributed by atoms with Crippen molar-refractivity contribution < 1.29 is 93.6 Å². The summed E-state index contributed by atoms with van der Waals surface area (Å²) in [4.78, 5) is 0. The summed E-state index contributed by atoms with van der Waals surface area (Å²) in [5.41, 5.74) is 0. The molecule has 0 aromatic rings. The van der Waals surface area contributed by atoms with Crippen molar-refractivity contribution in [2.24, 2.45) is 0 Å². The molecule has 1 heterocycles. The Labute approximate surface area is 181 Å². The molecule has 21 heteroatoms. The standard InChI is InChI=1S/C14H9F17O4/c15-7(10(19,20)21,2-1-3-32-4-6-5-33-6)34-14(30,31)9(18,12(25,26)27)35-13(28,29)8(16,17)11(22,23)24/h1-2,6H,3-5H2. The van der Waals surface area contributed by atoms with Crippen LogP contribution in [0.4, 0.5) is 74.6 Å². The molecular weight excluding hydrogens is 555 g/mol. The molecule has 1 fully saturated rings. The van der Waals surface area contributed by atoms with E-state index < -0.39 is 67.2 Å². The van der Waals surface area contributed by atoms with Gasteiger partial charge in [0.2, 0.25) is 0 Å². The number of epoxide rings is 1. The number of hydrogen-bond donors (Lipinski definition) is 0. The van der Waals surface area contributed by atoms with Gasteiger partial charge in [0.1, 0.15) is 6.10 Å². The predicted octanol–water partition coefficient (Wildman–Crippen LogP) is 5.83. The van der Waals surface area contributed by atoms with E-state index in [4.69, 9.17) is 0 Å². The molecular formula is C14H9F17O4. The molecule has 0 N–H and O–H groups in total. The molecule has 3 unspecified atom stereocenters. The van der Waals surface area contributed by atoms with Crippen LogP contribution < -0.4 is 0 Å². The van der Waals surface area contributed by atoms with Gasteiger partial charge >= 0.3 is 48.4 Å². The summed E-state index contributed by atoms with van der Waals surface area (Å²) in [6.07, 6.45) is -39.6. The predicted molar refractivity (Wildman–Crippen MR) is 72.6 cm³/mol. The van der Waals surface area contributed by atoms with E-state index in [1.807, 2.05) is 0 Å². The molecule has 3 atom stereocenters. The number of hydrogen-bond acceptors (Lipinski definition) is 4. The van der Waals surface area contributed by atoms with Crippen LogP contribution in [0.15, 0.2) is 12.2 Å². The molecule has 1 aliphatic rings. The van der Waals surface area contributed by atoms with Gasteiger partial charge in [0.05, 0.1) is 19.8 Å². The number of rotatable bonds is 11. The third kappa shape index (κ3) is 6.59. The maximum absolute atomic E-state index is 14.1. The Morgan fingerprint density at radius 2 is 1.14 bits per heavy atom. The molecule has 4 nitrogen and oxygen atoms in total. The zero-order valence-corrected chi connectivity index (χ0v) is 15.9. The van der Waals surface area contributed by atoms with E-state index in [2.05, 4.69) is 14.2 Å². The fourth-order valence-electron chi connectivity index (χ4n) is 1.76. The van der Waals surface area contributed by atoms with Gasteiger partial charge in [-0.1, -0.05) is 6.08 Å². The Balaban J connectivity index is 3.37. The molecule has 0 aromatic carbocycles. The second-order valence-electron chi connectivity index (χ2n) is 6.44. The molecule has 0 radical (unpaired) electrons. The maximum atomic E-state index is 14.1. The summed E-state index contributed by atoms with van der Waals surface area (Å²) in [7, 11) is 0. The van der Waals surface area contributed by atoms with Crippen molar-refractivity contribution in [3.05, 3.63) is 12.2 Å². The second-order valence-corrected chi connectivity index (χ2v) is 6.44. The van der Waals surface area contributed by atoms with E-state index in [1.165, 1.54) is 4.74 Å². The fraction of sp³-hybridized carbons (Fsp3) is 0.857. The topological polar surface area (TPSA) is 40.2 Å². The molecule has 1 rings (SSSR count). The molecule has 1 aliphatic heterocycles. The first-order chi connectivity index (χ1) is 15.2. The summed E-state index contributed by atoms with van der Waals surface area (Å²) < 4.78 is 233. The van der Waals surface area contributed by atoms with Crippen LogP contribution in [-0.4, -0.2) is 74.3 Å². The summed E-state index contributed by atoms with van der Waals surface area (Å²) >= 11 is 0. The summed E-state index contributed by atoms with van der Waals surface area (Å²) in [5, 5.41) is 0. The average molecular weight is 564 g/mol. The van der Waals surface area contributed by atoms with Crippen molar-refractivity contribution in [1.82, 2.24) is 0 Å². The van der Waals surface area contributed by atoms with Gasteiger partial charge < -0.3 is 9.47 Å². The largest absolute Gasteiger partial charge is 0.462 e. The Hall–Kier alpha value is -1.61. The normalized spacial score (nSPS) is 22.3. The minimum atomic E-state index is -7.89. The zero-order valence-electron chi connectivity index (χ0n) is 15.9. The van der Waals surface area contributed by atoms with E-state index >= 15 is 0 Å². The third-order valence-electron chi connectivity index (χ3n) is 3.64. The Morgan fingerprint density at radius 3 is 1.51 bits per heavy atom. The molecule has 0 aliphatic carbocycles. The van der Waals surface area contributed by atoms with Crippen LogP contribution in [0, 0.1) is 0 Å². The van der Waals surface area contributed by atoms with Crippen molar-refractivity contribution in [3.63, 3.8) is 0 Å². The minimum absolute atomic E-state index is 0.128. The lowest BCUT2D eigenvalue weighted by Crippen LogP contribution is -2.67. The van der Waals surface area contributed by atoms with Crippen LogP contribution in [0.2, 0.25) is 0 Å². The molecule has 35 heavy (non-hydrogen) atoms. The molecule has 0 aromatic heterocycles. The lowest BCUT2D eigenvalue weighted by atomic mass is 10.2. The highest BCUT2D eigenvalue weighted by Gasteiger charge is 2.84. The Morgan fingerprint density at radius 1 is 0.657 bits per heavy atom. The van der Waals surface area contributed by atoms with E-state index in [9.17, 15) is 74.6 Å². The van der Waals surface area contributed by atoms with Crippen LogP contribution in [0.25, 0.3) is 0 Å². The van der Waals surface area contributed by atoms with Crippen LogP contribution in [0.1, 0.15) is 0 Å². The highest BCUT2D eigenvalue weighted by atomic mass is 19.4. The van der Waals surface area contributed by atoms with Gasteiger partial charge in [-0.15, -0.1) is 0 Å². The number of ether oxygens (including phenoxy) is 4. The zero-order chi connectivity index (χ0) is 27.9. The van der Waals surface area contributed by atoms with Gasteiger partial charge in [-0.25, -0.2) is 0 Å². The van der Waals surface area contributed by atoms with Crippen molar-refractivity contribution in [3.8, 4) is 0 Å². The van der Waals surface area contributed by atoms with Crippen molar-refractivity contribution in [2.75, 3.05) is 19.8 Å². The molecule has 0 bridgehead atoms. The SMILES string of the molecule is FC(F)(F)C(F)(C=CCOCC1CO1)OC(F)(F)C(F)(OC(F)(F)C(F)(F)C(F)(F)F)C(F)(F)F. The van der Waals surface area contributed by atoms with Crippen molar-refractivity contribution in [2.45, 2.75) is 54.5 Å². The van der Waals surface area contributed by atoms with Gasteiger partial charge in [-0.05, 0) is 6.08 Å². The molecule has 0 saturated carbocycles. The molecule has 0 spiro atoms. The van der Waals surface area contributed by atoms with E-state index in [-0.39, 0.29) is 19.3 Å². The molecule has 0 amide bonds. The third-order valence-corrected chi connectivity index (χ3v) is 3.64. The summed E-state index contributed by atoms with van der Waals surface area (Å²) in [6.45, 7) is -1.32. The minimum Gasteiger partial charge on any atom is -0.375 e. The fourth-order valence-corrected chi connectivity index (χ4v) is 1.76. The maximum Gasteiger partial charge on any atom is 0.462 e. The van der Waals surface area contributed by atoms with E-state index in [1.54, 1.807) is 0 Å². The Kier molecular flexibility index (Phi) is 8.40. The van der Waals surface area contributed by atoms with Crippen LogP contribution in [0.5, 0.6) is 0 Å². The van der Waals surface area contributed by atoms with Crippen molar-refractivity contribution >= 4 is 0 Å². The van der Waals surface area contributed by atoms with Crippen LogP contribution >= 0.6 is 0 Å². The number of alkyl halides is 17. The van der Waals surface area contributed by atoms with Crippen LogP contribution in [-0.2, 0) is 18.9 Å². The quantitative estimate of drug-likeness (QED) is 0.137. The highest BCUT2D eigenvalue weighted by Crippen LogP contribution is 2.56. The van der Waals surface area contributed by atoms with Gasteiger partial charge in [0, 0.05) is 0 Å². The van der Waals surface area contributed by atoms with Crippen molar-refractivity contribution in [1.29, 1.82) is 0 Å². The van der Waals surface area contributed by atoms with Crippen LogP contribution in [0.3, 0.4) is 0 Å². The molecule has 208 valence electrons. The van der Waals surface area contributed by atoms with Gasteiger partial charge in [0.25, 0.3) is 0 Å². The monoisotopic (exact) mass is 564 g/mol. The Bertz CT molecular complexity index is 753. The van der Waals surface area contributed by atoms with E-state index in [0.29, 0.717) is 0 Å². The second kappa shape index (κ2) is 9.36. The average Bonchev–Trinajstić information content (AvgIpc) is 3.41. The smallest absolute Gasteiger partial charge is 0.375 e. The first kappa shape index (κ1) is 31.4. The number of halogens is 17. The lowest BCUT2D eigenvalue weighted by molar-refractivity contribution is -0.548. The molecule has 1 saturated heterocycles. The first-order valence-electron chi connectivity index (χ1n) is 8.23. The van der Waals surface area contributed by atoms with Gasteiger partial charge in [-0.3, -0.25) is 9.47 Å². The highest BCUT2D eigenvalue weighted by molar-refractivity contribution is 5.03. The lowest BCUT2D eigenvalue weighted by Gasteiger charge is -2.40. The van der Waals surface area contributed by atoms with Gasteiger partial charge in [-0.2, -0.15) is 74.6 Å². The first-order valence-corrected chi connectivity index (χ1v) is 8.23. The van der Waals surface area contributed by atoms with E-state index in [0.717, 1.165) is 0 Å². The summed E-state index contributed by atoms with van der Waals surface area (Å²) in [6, 6.07) is 0. The summed E-state index contributed by atoms with van der Waals surface area (Å²) in [5.74, 6) is -21.9. The van der Waals surface area contributed by atoms with Gasteiger partial charge in [0.15, 0.2) is 0 Å².